The molecule has 0 atom stereocenters. The number of carbonyl (C=O) groups is 2. The van der Waals surface area contributed by atoms with E-state index in [9.17, 15) is 9.59 Å². The maximum Gasteiger partial charge on any atom is 0.415 e. The van der Waals surface area contributed by atoms with Crippen LogP contribution in [0.15, 0.2) is 61.1 Å². The summed E-state index contributed by atoms with van der Waals surface area (Å²) in [6.45, 7) is 7.05. The number of carbonyl (C=O) groups excluding carboxylic acids is 2. The molecule has 2 saturated heterocycles. The smallest absolute Gasteiger partial charge is 0.410 e. The van der Waals surface area contributed by atoms with E-state index in [0.29, 0.717) is 30.1 Å². The Morgan fingerprint density at radius 3 is 2.26 bits per heavy atom. The minimum atomic E-state index is -0.346. The Hall–Kier alpha value is -3.69. The average Bonchev–Trinajstić information content (AvgIpc) is 3.39. The third-order valence-corrected chi connectivity index (χ3v) is 7.46. The number of aromatic nitrogens is 2. The summed E-state index contributed by atoms with van der Waals surface area (Å²) in [6, 6.07) is 14.7. The van der Waals surface area contributed by atoms with E-state index in [1.165, 1.54) is 24.8 Å². The van der Waals surface area contributed by atoms with E-state index in [0.717, 1.165) is 51.4 Å². The third-order valence-electron chi connectivity index (χ3n) is 7.46. The van der Waals surface area contributed by atoms with Crippen molar-refractivity contribution in [3.8, 4) is 5.75 Å². The molecular weight excluding hydrogens is 492 g/mol. The highest BCUT2D eigenvalue weighted by Gasteiger charge is 2.22. The fourth-order valence-corrected chi connectivity index (χ4v) is 5.13. The van der Waals surface area contributed by atoms with Gasteiger partial charge in [0.2, 0.25) is 0 Å². The summed E-state index contributed by atoms with van der Waals surface area (Å²) in [5.74, 6) is 0.294. The van der Waals surface area contributed by atoms with Gasteiger partial charge in [-0.2, -0.15) is 0 Å². The standard InChI is InChI=1S/C30H38N6O3/c1-33-22-27(31-23-33)13-16-34-17-19-36(20-18-34)30(38)39-28-11-9-26(10-12-28)32-29(37)25-7-5-24(6-8-25)21-35-14-3-2-4-15-35/h5-12,22-23H,2-4,13-21H2,1H3,(H,32,37). The molecule has 0 bridgehead atoms. The molecule has 3 aromatic rings. The predicted molar refractivity (Wildman–Crippen MR) is 151 cm³/mol. The molecule has 0 unspecified atom stereocenters. The van der Waals surface area contributed by atoms with Crippen LogP contribution in [-0.2, 0) is 20.0 Å². The van der Waals surface area contributed by atoms with Crippen molar-refractivity contribution in [2.45, 2.75) is 32.2 Å². The predicted octanol–water partition coefficient (Wildman–Crippen LogP) is 4.02. The largest absolute Gasteiger partial charge is 0.415 e. The SMILES string of the molecule is Cn1cnc(CCN2CCN(C(=O)Oc3ccc(NC(=O)c4ccc(CN5CCCCC5)cc4)cc3)CC2)c1. The molecule has 0 spiro atoms. The molecule has 5 rings (SSSR count). The molecule has 9 heteroatoms. The Balaban J connectivity index is 1.04. The lowest BCUT2D eigenvalue weighted by atomic mass is 10.1. The van der Waals surface area contributed by atoms with Crippen LogP contribution in [0, 0.1) is 0 Å². The monoisotopic (exact) mass is 530 g/mol. The van der Waals surface area contributed by atoms with Gasteiger partial charge in [0.25, 0.3) is 5.91 Å². The van der Waals surface area contributed by atoms with Gasteiger partial charge in [-0.3, -0.25) is 14.6 Å². The fourth-order valence-electron chi connectivity index (χ4n) is 5.13. The van der Waals surface area contributed by atoms with Crippen molar-refractivity contribution in [2.24, 2.45) is 7.05 Å². The van der Waals surface area contributed by atoms with Crippen LogP contribution in [-0.4, -0.2) is 82.1 Å². The van der Waals surface area contributed by atoms with E-state index < -0.39 is 0 Å². The van der Waals surface area contributed by atoms with Crippen LogP contribution in [0.5, 0.6) is 5.75 Å². The fraction of sp³-hybridized carbons (Fsp3) is 0.433. The molecule has 206 valence electrons. The number of likely N-dealkylation sites (tertiary alicyclic amines) is 1. The lowest BCUT2D eigenvalue weighted by Gasteiger charge is -2.33. The Bertz CT molecular complexity index is 1230. The molecule has 2 amide bonds. The number of anilines is 1. The molecule has 2 aliphatic rings. The van der Waals surface area contributed by atoms with Crippen molar-refractivity contribution in [2.75, 3.05) is 51.1 Å². The molecule has 0 saturated carbocycles. The van der Waals surface area contributed by atoms with Crippen molar-refractivity contribution in [1.82, 2.24) is 24.3 Å². The number of nitrogens with zero attached hydrogens (tertiary/aromatic N) is 5. The quantitative estimate of drug-likeness (QED) is 0.474. The molecule has 2 aliphatic heterocycles. The number of aryl methyl sites for hydroxylation is 1. The minimum absolute atomic E-state index is 0.162. The van der Waals surface area contributed by atoms with Gasteiger partial charge in [0, 0.05) is 70.2 Å². The molecule has 2 aromatic carbocycles. The summed E-state index contributed by atoms with van der Waals surface area (Å²) < 4.78 is 7.54. The minimum Gasteiger partial charge on any atom is -0.410 e. The third kappa shape index (κ3) is 7.68. The van der Waals surface area contributed by atoms with Gasteiger partial charge in [-0.15, -0.1) is 0 Å². The molecule has 0 aliphatic carbocycles. The summed E-state index contributed by atoms with van der Waals surface area (Å²) in [5.41, 5.74) is 3.58. The first kappa shape index (κ1) is 26.9. The number of imidazole rings is 1. The number of piperazine rings is 1. The number of piperidine rings is 1. The highest BCUT2D eigenvalue weighted by atomic mass is 16.6. The van der Waals surface area contributed by atoms with Crippen LogP contribution < -0.4 is 10.1 Å². The Morgan fingerprint density at radius 1 is 0.872 bits per heavy atom. The van der Waals surface area contributed by atoms with E-state index in [2.05, 4.69) is 20.1 Å². The first-order valence-corrected chi connectivity index (χ1v) is 13.9. The van der Waals surface area contributed by atoms with Gasteiger partial charge in [-0.25, -0.2) is 9.78 Å². The van der Waals surface area contributed by atoms with Crippen molar-refractivity contribution < 1.29 is 14.3 Å². The van der Waals surface area contributed by atoms with Crippen molar-refractivity contribution in [1.29, 1.82) is 0 Å². The van der Waals surface area contributed by atoms with E-state index in [4.69, 9.17) is 4.74 Å². The van der Waals surface area contributed by atoms with Crippen LogP contribution in [0.3, 0.4) is 0 Å². The molecule has 3 heterocycles. The van der Waals surface area contributed by atoms with Gasteiger partial charge in [0.05, 0.1) is 12.0 Å². The highest BCUT2D eigenvalue weighted by Crippen LogP contribution is 2.19. The van der Waals surface area contributed by atoms with Crippen molar-refractivity contribution in [3.05, 3.63) is 77.9 Å². The molecule has 2 fully saturated rings. The number of rotatable bonds is 8. The zero-order valence-electron chi connectivity index (χ0n) is 22.7. The van der Waals surface area contributed by atoms with Crippen molar-refractivity contribution in [3.63, 3.8) is 0 Å². The summed E-state index contributed by atoms with van der Waals surface area (Å²) >= 11 is 0. The summed E-state index contributed by atoms with van der Waals surface area (Å²) in [5, 5.41) is 2.92. The number of amides is 2. The second-order valence-corrected chi connectivity index (χ2v) is 10.5. The second kappa shape index (κ2) is 12.9. The first-order chi connectivity index (χ1) is 19.0. The first-order valence-electron chi connectivity index (χ1n) is 13.9. The number of hydrogen-bond acceptors (Lipinski definition) is 6. The van der Waals surface area contributed by atoms with Gasteiger partial charge >= 0.3 is 6.09 Å². The van der Waals surface area contributed by atoms with Gasteiger partial charge in [-0.05, 0) is 67.9 Å². The second-order valence-electron chi connectivity index (χ2n) is 10.5. The summed E-state index contributed by atoms with van der Waals surface area (Å²) in [6.07, 6.45) is 8.27. The summed E-state index contributed by atoms with van der Waals surface area (Å²) in [7, 11) is 1.97. The van der Waals surface area contributed by atoms with Gasteiger partial charge in [0.1, 0.15) is 5.75 Å². The van der Waals surface area contributed by atoms with Crippen LogP contribution in [0.4, 0.5) is 10.5 Å². The average molecular weight is 531 g/mol. The highest BCUT2D eigenvalue weighted by molar-refractivity contribution is 6.04. The molecular formula is C30H38N6O3. The van der Waals surface area contributed by atoms with Crippen LogP contribution in [0.1, 0.15) is 40.9 Å². The van der Waals surface area contributed by atoms with E-state index in [1.54, 1.807) is 29.2 Å². The maximum atomic E-state index is 12.7. The topological polar surface area (TPSA) is 82.9 Å². The van der Waals surface area contributed by atoms with Crippen LogP contribution in [0.2, 0.25) is 0 Å². The Morgan fingerprint density at radius 2 is 1.59 bits per heavy atom. The number of nitrogens with one attached hydrogen (secondary N) is 1. The van der Waals surface area contributed by atoms with Gasteiger partial charge in [0.15, 0.2) is 0 Å². The Kier molecular flexibility index (Phi) is 8.90. The lowest BCUT2D eigenvalue weighted by Crippen LogP contribution is -2.49. The molecule has 1 aromatic heterocycles. The molecule has 0 radical (unpaired) electrons. The van der Waals surface area contributed by atoms with Gasteiger partial charge in [-0.1, -0.05) is 18.6 Å². The molecule has 1 N–H and O–H groups in total. The van der Waals surface area contributed by atoms with E-state index in [1.807, 2.05) is 48.4 Å². The van der Waals surface area contributed by atoms with E-state index in [-0.39, 0.29) is 12.0 Å². The van der Waals surface area contributed by atoms with Crippen molar-refractivity contribution >= 4 is 17.7 Å². The number of benzene rings is 2. The lowest BCUT2D eigenvalue weighted by molar-refractivity contribution is 0.102. The maximum absolute atomic E-state index is 12.7. The zero-order valence-corrected chi connectivity index (χ0v) is 22.7. The zero-order chi connectivity index (χ0) is 27.0. The Labute approximate surface area is 230 Å². The van der Waals surface area contributed by atoms with Crippen LogP contribution in [0.25, 0.3) is 0 Å². The normalized spacial score (nSPS) is 16.7. The van der Waals surface area contributed by atoms with Crippen LogP contribution >= 0.6 is 0 Å². The van der Waals surface area contributed by atoms with Gasteiger partial charge < -0.3 is 19.5 Å². The number of ether oxygens (including phenoxy) is 1. The number of hydrogen-bond donors (Lipinski definition) is 1. The molecule has 9 nitrogen and oxygen atoms in total. The van der Waals surface area contributed by atoms with E-state index >= 15 is 0 Å². The summed E-state index contributed by atoms with van der Waals surface area (Å²) in [4.78, 5) is 36.3. The molecule has 39 heavy (non-hydrogen) atoms.